The highest BCUT2D eigenvalue weighted by Crippen LogP contribution is 2.23. The van der Waals surface area contributed by atoms with Crippen LogP contribution in [0.25, 0.3) is 6.08 Å². The quantitative estimate of drug-likeness (QED) is 0.899. The number of likely N-dealkylation sites (tertiary alicyclic amines) is 1. The van der Waals surface area contributed by atoms with E-state index in [9.17, 15) is 4.79 Å². The second kappa shape index (κ2) is 8.66. The number of aryl methyl sites for hydroxylation is 2. The smallest absolute Gasteiger partial charge is 0.239 e. The van der Waals surface area contributed by atoms with Crippen LogP contribution in [0.2, 0.25) is 0 Å². The van der Waals surface area contributed by atoms with Gasteiger partial charge in [-0.25, -0.2) is 0 Å². The predicted octanol–water partition coefficient (Wildman–Crippen LogP) is 4.09. The summed E-state index contributed by atoms with van der Waals surface area (Å²) in [5.74, 6) is 0.921. The Morgan fingerprint density at radius 1 is 1.08 bits per heavy atom. The molecule has 1 aromatic rings. The molecule has 0 aromatic heterocycles. The van der Waals surface area contributed by atoms with Crippen LogP contribution in [0.5, 0.6) is 0 Å². The van der Waals surface area contributed by atoms with E-state index in [1.807, 2.05) is 0 Å². The molecule has 2 fully saturated rings. The van der Waals surface area contributed by atoms with Gasteiger partial charge in [-0.1, -0.05) is 43.2 Å². The van der Waals surface area contributed by atoms with Crippen molar-refractivity contribution in [2.75, 3.05) is 19.6 Å². The van der Waals surface area contributed by atoms with Crippen LogP contribution < -0.4 is 5.32 Å². The van der Waals surface area contributed by atoms with Crippen LogP contribution in [0.4, 0.5) is 0 Å². The first-order chi connectivity index (χ1) is 12.1. The molecule has 1 unspecified atom stereocenters. The fourth-order valence-corrected chi connectivity index (χ4v) is 4.09. The third-order valence-electron chi connectivity index (χ3n) is 5.79. The first kappa shape index (κ1) is 18.2. The van der Waals surface area contributed by atoms with Gasteiger partial charge in [-0.15, -0.1) is 0 Å². The summed E-state index contributed by atoms with van der Waals surface area (Å²) in [5, 5.41) is 3.44. The lowest BCUT2D eigenvalue weighted by molar-refractivity contribution is -0.134. The van der Waals surface area contributed by atoms with Crippen LogP contribution in [0.1, 0.15) is 55.2 Å². The van der Waals surface area contributed by atoms with E-state index < -0.39 is 0 Å². The zero-order valence-corrected chi connectivity index (χ0v) is 15.8. The minimum absolute atomic E-state index is 0.0595. The lowest BCUT2D eigenvalue weighted by Crippen LogP contribution is -2.48. The topological polar surface area (TPSA) is 32.3 Å². The van der Waals surface area contributed by atoms with Crippen molar-refractivity contribution in [2.24, 2.45) is 5.92 Å². The van der Waals surface area contributed by atoms with Gasteiger partial charge in [0.2, 0.25) is 5.91 Å². The normalized spacial score (nSPS) is 23.0. The van der Waals surface area contributed by atoms with Crippen molar-refractivity contribution < 1.29 is 4.79 Å². The van der Waals surface area contributed by atoms with E-state index in [2.05, 4.69) is 54.4 Å². The Labute approximate surface area is 152 Å². The summed E-state index contributed by atoms with van der Waals surface area (Å²) in [6.45, 7) is 7.14. The number of hydrogen-bond acceptors (Lipinski definition) is 2. The fourth-order valence-electron chi connectivity index (χ4n) is 4.09. The highest BCUT2D eigenvalue weighted by Gasteiger charge is 2.27. The van der Waals surface area contributed by atoms with Crippen LogP contribution >= 0.6 is 0 Å². The Kier molecular flexibility index (Phi) is 6.30. The number of amides is 1. The van der Waals surface area contributed by atoms with Crippen molar-refractivity contribution in [3.63, 3.8) is 0 Å². The number of hydrogen-bond donors (Lipinski definition) is 1. The summed E-state index contributed by atoms with van der Waals surface area (Å²) in [6, 6.07) is 6.53. The minimum atomic E-state index is 0.0595. The summed E-state index contributed by atoms with van der Waals surface area (Å²) in [7, 11) is 0. The first-order valence-electron chi connectivity index (χ1n) is 9.92. The number of piperidine rings is 1. The number of nitrogens with one attached hydrogen (secondary N) is 1. The molecule has 3 rings (SSSR count). The minimum Gasteiger partial charge on any atom is -0.341 e. The average Bonchev–Trinajstić information content (AvgIpc) is 2.91. The second-order valence-corrected chi connectivity index (χ2v) is 7.68. The number of carbonyl (C=O) groups excluding carboxylic acids is 1. The van der Waals surface area contributed by atoms with Crippen molar-refractivity contribution in [3.8, 4) is 0 Å². The van der Waals surface area contributed by atoms with Crippen molar-refractivity contribution in [3.05, 3.63) is 41.0 Å². The molecule has 0 aliphatic carbocycles. The van der Waals surface area contributed by atoms with Gasteiger partial charge in [0, 0.05) is 13.1 Å². The molecular formula is C22H32N2O. The Morgan fingerprint density at radius 2 is 1.80 bits per heavy atom. The van der Waals surface area contributed by atoms with Crippen molar-refractivity contribution in [1.29, 1.82) is 0 Å². The van der Waals surface area contributed by atoms with Gasteiger partial charge in [0.25, 0.3) is 0 Å². The number of carbonyl (C=O) groups is 1. The number of nitrogens with zero attached hydrogens (tertiary/aromatic N) is 1. The van der Waals surface area contributed by atoms with Crippen molar-refractivity contribution in [2.45, 2.75) is 58.4 Å². The summed E-state index contributed by atoms with van der Waals surface area (Å²) in [4.78, 5) is 14.8. The van der Waals surface area contributed by atoms with Gasteiger partial charge in [-0.3, -0.25) is 4.79 Å². The predicted molar refractivity (Wildman–Crippen MR) is 105 cm³/mol. The largest absolute Gasteiger partial charge is 0.341 e. The maximum absolute atomic E-state index is 12.7. The van der Waals surface area contributed by atoms with E-state index in [1.54, 1.807) is 0 Å². The van der Waals surface area contributed by atoms with Crippen LogP contribution in [-0.4, -0.2) is 36.5 Å². The van der Waals surface area contributed by atoms with E-state index in [1.165, 1.54) is 36.0 Å². The van der Waals surface area contributed by atoms with Crippen molar-refractivity contribution >= 4 is 12.0 Å². The van der Waals surface area contributed by atoms with E-state index in [-0.39, 0.29) is 6.04 Å². The van der Waals surface area contributed by atoms with Gasteiger partial charge in [0.05, 0.1) is 6.04 Å². The molecule has 25 heavy (non-hydrogen) atoms. The summed E-state index contributed by atoms with van der Waals surface area (Å²) in [5.41, 5.74) is 4.02. The molecule has 3 nitrogen and oxygen atoms in total. The molecule has 2 aliphatic heterocycles. The SMILES string of the molecule is Cc1cccc(C)c1C=CC1CCN(C(=O)C2CCCCCN2)CC1. The average molecular weight is 341 g/mol. The molecule has 3 heteroatoms. The van der Waals surface area contributed by atoms with E-state index in [0.29, 0.717) is 11.8 Å². The van der Waals surface area contributed by atoms with Gasteiger partial charge in [-0.2, -0.15) is 0 Å². The molecule has 0 bridgehead atoms. The Balaban J connectivity index is 1.53. The molecule has 0 radical (unpaired) electrons. The van der Waals surface area contributed by atoms with E-state index in [4.69, 9.17) is 0 Å². The third-order valence-corrected chi connectivity index (χ3v) is 5.79. The first-order valence-corrected chi connectivity index (χ1v) is 9.92. The lowest BCUT2D eigenvalue weighted by atomic mass is 9.93. The second-order valence-electron chi connectivity index (χ2n) is 7.68. The van der Waals surface area contributed by atoms with Crippen LogP contribution in [0.3, 0.4) is 0 Å². The van der Waals surface area contributed by atoms with Crippen molar-refractivity contribution in [1.82, 2.24) is 10.2 Å². The molecule has 1 aromatic carbocycles. The van der Waals surface area contributed by atoms with E-state index in [0.717, 1.165) is 38.9 Å². The number of rotatable bonds is 3. The summed E-state index contributed by atoms with van der Waals surface area (Å²) < 4.78 is 0. The van der Waals surface area contributed by atoms with E-state index >= 15 is 0 Å². The number of benzene rings is 1. The maximum atomic E-state index is 12.7. The number of allylic oxidation sites excluding steroid dienone is 1. The molecule has 2 aliphatic rings. The summed E-state index contributed by atoms with van der Waals surface area (Å²) >= 11 is 0. The summed E-state index contributed by atoms with van der Waals surface area (Å²) in [6.07, 6.45) is 11.5. The molecule has 1 atom stereocenters. The molecular weight excluding hydrogens is 308 g/mol. The molecule has 2 heterocycles. The Hall–Kier alpha value is -1.61. The zero-order valence-electron chi connectivity index (χ0n) is 15.8. The van der Waals surface area contributed by atoms with Crippen LogP contribution in [-0.2, 0) is 4.79 Å². The molecule has 2 saturated heterocycles. The molecule has 1 amide bonds. The third kappa shape index (κ3) is 4.72. The zero-order chi connectivity index (χ0) is 17.6. The fraction of sp³-hybridized carbons (Fsp3) is 0.591. The standard InChI is InChI=1S/C22H32N2O/c1-17-7-6-8-18(2)20(17)11-10-19-12-15-24(16-13-19)22(25)21-9-4-3-5-14-23-21/h6-8,10-11,19,21,23H,3-5,9,12-16H2,1-2H3. The van der Waals surface area contributed by atoms with Gasteiger partial charge in [0.1, 0.15) is 0 Å². The molecule has 0 spiro atoms. The molecule has 0 saturated carbocycles. The highest BCUT2D eigenvalue weighted by atomic mass is 16.2. The van der Waals surface area contributed by atoms with Gasteiger partial charge in [0.15, 0.2) is 0 Å². The maximum Gasteiger partial charge on any atom is 0.239 e. The molecule has 136 valence electrons. The Morgan fingerprint density at radius 3 is 2.52 bits per heavy atom. The molecule has 1 N–H and O–H groups in total. The highest BCUT2D eigenvalue weighted by molar-refractivity contribution is 5.82. The van der Waals surface area contributed by atoms with Crippen LogP contribution in [0.15, 0.2) is 24.3 Å². The monoisotopic (exact) mass is 340 g/mol. The van der Waals surface area contributed by atoms with Gasteiger partial charge >= 0.3 is 0 Å². The van der Waals surface area contributed by atoms with Crippen LogP contribution in [0, 0.1) is 19.8 Å². The lowest BCUT2D eigenvalue weighted by Gasteiger charge is -2.33. The van der Waals surface area contributed by atoms with Gasteiger partial charge in [-0.05, 0) is 68.7 Å². The van der Waals surface area contributed by atoms with Gasteiger partial charge < -0.3 is 10.2 Å². The Bertz CT molecular complexity index is 586.